The maximum Gasteiger partial charge on any atom is 0.439 e. The lowest BCUT2D eigenvalue weighted by Gasteiger charge is -2.24. The predicted octanol–water partition coefficient (Wildman–Crippen LogP) is 1.78. The molecule has 0 radical (unpaired) electrons. The summed E-state index contributed by atoms with van der Waals surface area (Å²) in [6.45, 7) is 0. The molecule has 0 spiro atoms. The van der Waals surface area contributed by atoms with Gasteiger partial charge in [-0.3, -0.25) is 10.1 Å². The van der Waals surface area contributed by atoms with Gasteiger partial charge in [0, 0.05) is 6.08 Å². The van der Waals surface area contributed by atoms with Crippen LogP contribution in [0.25, 0.3) is 6.08 Å². The molecule has 1 unspecified atom stereocenters. The summed E-state index contributed by atoms with van der Waals surface area (Å²) in [7, 11) is 1.93. The first-order valence-corrected chi connectivity index (χ1v) is 5.96. The number of aliphatic hydroxyl groups is 1. The molecule has 0 saturated heterocycles. The number of methoxy groups -OCH3 is 2. The number of halogens is 3. The van der Waals surface area contributed by atoms with Crippen LogP contribution in [0.2, 0.25) is 0 Å². The molecule has 23 heavy (non-hydrogen) atoms. The molecule has 1 rings (SSSR count). The van der Waals surface area contributed by atoms with Crippen molar-refractivity contribution < 1.29 is 37.5 Å². The monoisotopic (exact) mass is 335 g/mol. The van der Waals surface area contributed by atoms with Gasteiger partial charge < -0.3 is 14.6 Å². The molecule has 1 aromatic carbocycles. The molecule has 0 fully saturated rings. The number of benzene rings is 1. The van der Waals surface area contributed by atoms with E-state index in [1.807, 2.05) is 0 Å². The highest BCUT2D eigenvalue weighted by Gasteiger charge is 2.68. The second-order valence-electron chi connectivity index (χ2n) is 4.26. The van der Waals surface area contributed by atoms with Crippen LogP contribution >= 0.6 is 0 Å². The molecule has 1 atom stereocenters. The van der Waals surface area contributed by atoms with Crippen molar-refractivity contribution in [2.45, 2.75) is 11.8 Å². The average Bonchev–Trinajstić information content (AvgIpc) is 2.50. The normalized spacial score (nSPS) is 14.8. The Kier molecular flexibility index (Phi) is 5.33. The largest absolute Gasteiger partial charge is 0.497 e. The highest BCUT2D eigenvalue weighted by molar-refractivity contribution is 5.85. The minimum atomic E-state index is -5.65. The molecule has 1 N–H and O–H groups in total. The van der Waals surface area contributed by atoms with Gasteiger partial charge in [-0.2, -0.15) is 13.2 Å². The summed E-state index contributed by atoms with van der Waals surface area (Å²) in [5, 5.41) is 20.7. The van der Waals surface area contributed by atoms with Crippen LogP contribution in [0.15, 0.2) is 30.0 Å². The van der Waals surface area contributed by atoms with Crippen molar-refractivity contribution in [3.8, 4) is 5.75 Å². The molecule has 0 saturated carbocycles. The van der Waals surface area contributed by atoms with Crippen LogP contribution in [-0.2, 0) is 9.53 Å². The van der Waals surface area contributed by atoms with E-state index in [-0.39, 0.29) is 5.56 Å². The average molecular weight is 335 g/mol. The van der Waals surface area contributed by atoms with Crippen molar-refractivity contribution in [2.75, 3.05) is 14.2 Å². The fourth-order valence-electron chi connectivity index (χ4n) is 1.66. The fraction of sp³-hybridized carbons (Fsp3) is 0.308. The molecule has 126 valence electrons. The Hall–Kier alpha value is -2.62. The van der Waals surface area contributed by atoms with Gasteiger partial charge in [0.15, 0.2) is 0 Å². The SMILES string of the molecule is COC(=O)C(O)(/C(=C/c1ccc(OC)cc1)[N+](=O)[O-])C(F)(F)F. The zero-order chi connectivity index (χ0) is 17.8. The number of carbonyl (C=O) groups excluding carboxylic acids is 1. The molecule has 7 nitrogen and oxygen atoms in total. The van der Waals surface area contributed by atoms with Crippen LogP contribution in [0.4, 0.5) is 13.2 Å². The van der Waals surface area contributed by atoms with Crippen LogP contribution in [0, 0.1) is 10.1 Å². The molecule has 0 aliphatic heterocycles. The molecule has 0 aromatic heterocycles. The van der Waals surface area contributed by atoms with Gasteiger partial charge in [0.2, 0.25) is 0 Å². The smallest absolute Gasteiger partial charge is 0.439 e. The molecular formula is C13H12F3NO6. The van der Waals surface area contributed by atoms with Crippen molar-refractivity contribution in [1.29, 1.82) is 0 Å². The lowest BCUT2D eigenvalue weighted by molar-refractivity contribution is -0.454. The first-order valence-electron chi connectivity index (χ1n) is 5.96. The van der Waals surface area contributed by atoms with Crippen molar-refractivity contribution in [3.05, 3.63) is 45.6 Å². The van der Waals surface area contributed by atoms with Crippen molar-refractivity contribution in [2.24, 2.45) is 0 Å². The summed E-state index contributed by atoms with van der Waals surface area (Å²) < 4.78 is 47.9. The van der Waals surface area contributed by atoms with E-state index < -0.39 is 28.4 Å². The summed E-state index contributed by atoms with van der Waals surface area (Å²) in [4.78, 5) is 20.9. The van der Waals surface area contributed by atoms with Crippen LogP contribution in [0.1, 0.15) is 5.56 Å². The minimum absolute atomic E-state index is 0.0518. The predicted molar refractivity (Wildman–Crippen MR) is 71.0 cm³/mol. The third-order valence-electron chi connectivity index (χ3n) is 2.88. The number of alkyl halides is 3. The maximum atomic E-state index is 13.1. The van der Waals surface area contributed by atoms with Gasteiger partial charge in [0.25, 0.3) is 5.70 Å². The number of hydrogen-bond donors (Lipinski definition) is 1. The van der Waals surface area contributed by atoms with Gasteiger partial charge in [-0.05, 0) is 17.7 Å². The van der Waals surface area contributed by atoms with E-state index in [4.69, 9.17) is 4.74 Å². The lowest BCUT2D eigenvalue weighted by Crippen LogP contribution is -2.55. The summed E-state index contributed by atoms with van der Waals surface area (Å²) in [6.07, 6.45) is -5.21. The van der Waals surface area contributed by atoms with E-state index in [1.165, 1.54) is 31.4 Å². The number of nitrogens with zero attached hydrogens (tertiary/aromatic N) is 1. The topological polar surface area (TPSA) is 98.9 Å². The summed E-state index contributed by atoms with van der Waals surface area (Å²) in [5.41, 5.74) is -6.23. The molecular weight excluding hydrogens is 323 g/mol. The molecule has 0 aliphatic carbocycles. The molecule has 0 bridgehead atoms. The highest BCUT2D eigenvalue weighted by atomic mass is 19.4. The Morgan fingerprint density at radius 2 is 1.78 bits per heavy atom. The molecule has 0 amide bonds. The van der Waals surface area contributed by atoms with Gasteiger partial charge >= 0.3 is 17.7 Å². The minimum Gasteiger partial charge on any atom is -0.497 e. The number of rotatable bonds is 5. The van der Waals surface area contributed by atoms with Crippen molar-refractivity contribution >= 4 is 12.0 Å². The van der Waals surface area contributed by atoms with Gasteiger partial charge in [-0.1, -0.05) is 12.1 Å². The highest BCUT2D eigenvalue weighted by Crippen LogP contribution is 2.38. The second-order valence-corrected chi connectivity index (χ2v) is 4.26. The van der Waals surface area contributed by atoms with Gasteiger partial charge in [0.1, 0.15) is 5.75 Å². The number of carbonyl (C=O) groups is 1. The van der Waals surface area contributed by atoms with Crippen LogP contribution < -0.4 is 4.74 Å². The number of nitro groups is 1. The van der Waals surface area contributed by atoms with E-state index in [0.717, 1.165) is 0 Å². The van der Waals surface area contributed by atoms with Crippen molar-refractivity contribution in [1.82, 2.24) is 0 Å². The van der Waals surface area contributed by atoms with Crippen LogP contribution in [0.5, 0.6) is 5.75 Å². The van der Waals surface area contributed by atoms with E-state index in [0.29, 0.717) is 18.9 Å². The summed E-state index contributed by atoms with van der Waals surface area (Å²) in [6, 6.07) is 5.12. The molecule has 0 aliphatic rings. The number of esters is 1. The quantitative estimate of drug-likeness (QED) is 0.500. The van der Waals surface area contributed by atoms with Crippen LogP contribution in [0.3, 0.4) is 0 Å². The van der Waals surface area contributed by atoms with E-state index in [2.05, 4.69) is 4.74 Å². The van der Waals surface area contributed by atoms with Gasteiger partial charge in [-0.25, -0.2) is 4.79 Å². The van der Waals surface area contributed by atoms with E-state index in [1.54, 1.807) is 0 Å². The number of hydrogen-bond acceptors (Lipinski definition) is 6. The Labute approximate surface area is 128 Å². The number of ether oxygens (including phenoxy) is 2. The Morgan fingerprint density at radius 1 is 1.26 bits per heavy atom. The maximum absolute atomic E-state index is 13.1. The Bertz CT molecular complexity index is 626. The first kappa shape index (κ1) is 18.4. The molecule has 10 heteroatoms. The van der Waals surface area contributed by atoms with Gasteiger partial charge in [0.05, 0.1) is 19.1 Å². The Balaban J connectivity index is 3.50. The standard InChI is InChI=1S/C13H12F3NO6/c1-22-9-5-3-8(4-6-9)7-10(17(20)21)12(19,11(18)23-2)13(14,15)16/h3-7,19H,1-2H3/b10-7-. The molecule has 0 heterocycles. The Morgan fingerprint density at radius 3 is 2.13 bits per heavy atom. The third kappa shape index (κ3) is 3.59. The first-order chi connectivity index (χ1) is 10.6. The molecule has 1 aromatic rings. The lowest BCUT2D eigenvalue weighted by atomic mass is 9.97. The van der Waals surface area contributed by atoms with Gasteiger partial charge in [-0.15, -0.1) is 0 Å². The van der Waals surface area contributed by atoms with Crippen molar-refractivity contribution in [3.63, 3.8) is 0 Å². The summed E-state index contributed by atoms with van der Waals surface area (Å²) >= 11 is 0. The van der Waals surface area contributed by atoms with E-state index in [9.17, 15) is 33.2 Å². The fourth-order valence-corrected chi connectivity index (χ4v) is 1.66. The zero-order valence-electron chi connectivity index (χ0n) is 12.0. The van der Waals surface area contributed by atoms with E-state index >= 15 is 0 Å². The zero-order valence-corrected chi connectivity index (χ0v) is 12.0. The third-order valence-corrected chi connectivity index (χ3v) is 2.88. The van der Waals surface area contributed by atoms with Crippen LogP contribution in [-0.4, -0.2) is 42.0 Å². The second kappa shape index (κ2) is 6.65. The summed E-state index contributed by atoms with van der Waals surface area (Å²) in [5.74, 6) is -1.84.